The van der Waals surface area contributed by atoms with Crippen LogP contribution in [0.15, 0.2) is 0 Å². The first-order valence-electron chi connectivity index (χ1n) is 6.97. The number of carbonyl (C=O) groups excluding carboxylic acids is 1. The summed E-state index contributed by atoms with van der Waals surface area (Å²) in [4.78, 5) is 14.1. The molecule has 1 fully saturated rings. The van der Waals surface area contributed by atoms with Gasteiger partial charge >= 0.3 is 0 Å². The number of carbonyl (C=O) groups is 1. The normalized spacial score (nSPS) is 20.4. The quantitative estimate of drug-likeness (QED) is 0.685. The van der Waals surface area contributed by atoms with Gasteiger partial charge in [0.1, 0.15) is 0 Å². The average molecular weight is 257 g/mol. The molecular formula is C13H27N3O2. The van der Waals surface area contributed by atoms with Crippen LogP contribution in [0, 0.1) is 0 Å². The van der Waals surface area contributed by atoms with Gasteiger partial charge in [-0.25, -0.2) is 0 Å². The van der Waals surface area contributed by atoms with E-state index in [0.29, 0.717) is 0 Å². The van der Waals surface area contributed by atoms with Crippen LogP contribution in [0.25, 0.3) is 0 Å². The zero-order chi connectivity index (χ0) is 13.4. The van der Waals surface area contributed by atoms with Crippen molar-refractivity contribution in [1.29, 1.82) is 0 Å². The van der Waals surface area contributed by atoms with Gasteiger partial charge in [0.05, 0.1) is 19.3 Å². The Labute approximate surface area is 110 Å². The van der Waals surface area contributed by atoms with E-state index in [9.17, 15) is 4.79 Å². The van der Waals surface area contributed by atoms with E-state index in [1.165, 1.54) is 0 Å². The Morgan fingerprint density at radius 3 is 2.61 bits per heavy atom. The number of morpholine rings is 1. The van der Waals surface area contributed by atoms with Crippen molar-refractivity contribution in [3.63, 3.8) is 0 Å². The van der Waals surface area contributed by atoms with E-state index in [2.05, 4.69) is 22.5 Å². The van der Waals surface area contributed by atoms with Crippen molar-refractivity contribution in [3.05, 3.63) is 0 Å². The topological polar surface area (TPSA) is 53.6 Å². The number of rotatable bonds is 7. The number of hydrogen-bond donors (Lipinski definition) is 2. The molecule has 0 saturated carbocycles. The molecule has 1 aliphatic heterocycles. The van der Waals surface area contributed by atoms with Crippen molar-refractivity contribution >= 4 is 5.91 Å². The van der Waals surface area contributed by atoms with E-state index in [1.807, 2.05) is 13.8 Å². The Morgan fingerprint density at radius 1 is 1.33 bits per heavy atom. The molecular weight excluding hydrogens is 230 g/mol. The van der Waals surface area contributed by atoms with Crippen LogP contribution < -0.4 is 10.6 Å². The molecule has 0 aromatic rings. The number of amides is 1. The van der Waals surface area contributed by atoms with Crippen LogP contribution in [0.2, 0.25) is 0 Å². The molecule has 2 N–H and O–H groups in total. The van der Waals surface area contributed by atoms with E-state index in [-0.39, 0.29) is 18.0 Å². The summed E-state index contributed by atoms with van der Waals surface area (Å²) in [5.41, 5.74) is 0. The molecule has 5 nitrogen and oxygen atoms in total. The average Bonchev–Trinajstić information content (AvgIpc) is 2.39. The molecule has 0 radical (unpaired) electrons. The molecule has 1 saturated heterocycles. The van der Waals surface area contributed by atoms with Crippen molar-refractivity contribution in [2.45, 2.75) is 39.3 Å². The maximum atomic E-state index is 11.8. The molecule has 106 valence electrons. The van der Waals surface area contributed by atoms with Crippen molar-refractivity contribution in [2.24, 2.45) is 0 Å². The number of nitrogens with one attached hydrogen (secondary N) is 2. The van der Waals surface area contributed by atoms with Crippen molar-refractivity contribution in [3.8, 4) is 0 Å². The lowest BCUT2D eigenvalue weighted by Crippen LogP contribution is -2.48. The third-order valence-electron chi connectivity index (χ3n) is 3.38. The van der Waals surface area contributed by atoms with Gasteiger partial charge in [-0.05, 0) is 20.3 Å². The van der Waals surface area contributed by atoms with E-state index in [4.69, 9.17) is 4.74 Å². The van der Waals surface area contributed by atoms with Gasteiger partial charge in [-0.15, -0.1) is 0 Å². The van der Waals surface area contributed by atoms with Crippen LogP contribution in [-0.4, -0.2) is 62.3 Å². The van der Waals surface area contributed by atoms with Crippen LogP contribution >= 0.6 is 0 Å². The lowest BCUT2D eigenvalue weighted by atomic mass is 10.2. The molecule has 0 spiro atoms. The summed E-state index contributed by atoms with van der Waals surface area (Å²) in [5, 5.41) is 6.25. The fourth-order valence-corrected chi connectivity index (χ4v) is 1.83. The Balaban J connectivity index is 2.11. The van der Waals surface area contributed by atoms with Gasteiger partial charge in [-0.3, -0.25) is 9.69 Å². The van der Waals surface area contributed by atoms with Gasteiger partial charge < -0.3 is 15.4 Å². The minimum absolute atomic E-state index is 0.0892. The van der Waals surface area contributed by atoms with Crippen LogP contribution in [-0.2, 0) is 9.53 Å². The molecule has 1 amide bonds. The van der Waals surface area contributed by atoms with E-state index >= 15 is 0 Å². The van der Waals surface area contributed by atoms with Crippen molar-refractivity contribution in [2.75, 3.05) is 39.4 Å². The molecule has 0 bridgehead atoms. The lowest BCUT2D eigenvalue weighted by Gasteiger charge is -2.27. The smallest absolute Gasteiger partial charge is 0.237 e. The zero-order valence-electron chi connectivity index (χ0n) is 11.9. The minimum atomic E-state index is -0.125. The number of hydrogen-bond acceptors (Lipinski definition) is 4. The summed E-state index contributed by atoms with van der Waals surface area (Å²) in [7, 11) is 0. The maximum absolute atomic E-state index is 11.8. The molecule has 1 aliphatic rings. The number of nitrogens with zero attached hydrogens (tertiary/aromatic N) is 1. The monoisotopic (exact) mass is 257 g/mol. The molecule has 0 aromatic heterocycles. The van der Waals surface area contributed by atoms with Gasteiger partial charge in [-0.1, -0.05) is 6.92 Å². The largest absolute Gasteiger partial charge is 0.379 e. The van der Waals surface area contributed by atoms with Gasteiger partial charge in [0.2, 0.25) is 5.91 Å². The molecule has 1 heterocycles. The molecule has 5 heteroatoms. The van der Waals surface area contributed by atoms with Gasteiger partial charge in [-0.2, -0.15) is 0 Å². The van der Waals surface area contributed by atoms with Gasteiger partial charge in [0, 0.05) is 32.2 Å². The van der Waals surface area contributed by atoms with Gasteiger partial charge in [0.25, 0.3) is 0 Å². The first-order chi connectivity index (χ1) is 8.63. The Morgan fingerprint density at radius 2 is 2.00 bits per heavy atom. The molecule has 0 aromatic carbocycles. The standard InChI is InChI=1S/C13H27N3O2/c1-4-11(2)15-13(17)12(3)14-5-6-16-7-9-18-10-8-16/h11-12,14H,4-10H2,1-3H3,(H,15,17). The third-order valence-corrected chi connectivity index (χ3v) is 3.38. The molecule has 18 heavy (non-hydrogen) atoms. The zero-order valence-corrected chi connectivity index (χ0v) is 11.9. The van der Waals surface area contributed by atoms with Crippen molar-refractivity contribution < 1.29 is 9.53 Å². The van der Waals surface area contributed by atoms with Gasteiger partial charge in [0.15, 0.2) is 0 Å². The first kappa shape index (κ1) is 15.4. The highest BCUT2D eigenvalue weighted by molar-refractivity contribution is 5.81. The Kier molecular flexibility index (Phi) is 7.23. The second-order valence-electron chi connectivity index (χ2n) is 4.95. The summed E-state index contributed by atoms with van der Waals surface area (Å²) < 4.78 is 5.30. The Bertz CT molecular complexity index is 242. The van der Waals surface area contributed by atoms with Crippen LogP contribution in [0.4, 0.5) is 0 Å². The first-order valence-corrected chi connectivity index (χ1v) is 6.97. The SMILES string of the molecule is CCC(C)NC(=O)C(C)NCCN1CCOCC1. The Hall–Kier alpha value is -0.650. The van der Waals surface area contributed by atoms with E-state index in [0.717, 1.165) is 45.8 Å². The fraction of sp³-hybridized carbons (Fsp3) is 0.923. The highest BCUT2D eigenvalue weighted by Gasteiger charge is 2.15. The highest BCUT2D eigenvalue weighted by Crippen LogP contribution is 1.95. The number of ether oxygens (including phenoxy) is 1. The summed E-state index contributed by atoms with van der Waals surface area (Å²) in [6.45, 7) is 11.5. The second-order valence-corrected chi connectivity index (χ2v) is 4.95. The molecule has 1 rings (SSSR count). The fourth-order valence-electron chi connectivity index (χ4n) is 1.83. The summed E-state index contributed by atoms with van der Waals surface area (Å²) in [6.07, 6.45) is 0.965. The lowest BCUT2D eigenvalue weighted by molar-refractivity contribution is -0.123. The predicted octanol–water partition coefficient (Wildman–Crippen LogP) is 0.211. The molecule has 0 aliphatic carbocycles. The minimum Gasteiger partial charge on any atom is -0.379 e. The second kappa shape index (κ2) is 8.45. The van der Waals surface area contributed by atoms with Crippen LogP contribution in [0.1, 0.15) is 27.2 Å². The van der Waals surface area contributed by atoms with E-state index < -0.39 is 0 Å². The molecule has 2 unspecified atom stereocenters. The third kappa shape index (κ3) is 5.80. The summed E-state index contributed by atoms with van der Waals surface area (Å²) in [6, 6.07) is 0.126. The van der Waals surface area contributed by atoms with E-state index in [1.54, 1.807) is 0 Å². The predicted molar refractivity (Wildman–Crippen MR) is 72.6 cm³/mol. The van der Waals surface area contributed by atoms with Crippen LogP contribution in [0.3, 0.4) is 0 Å². The van der Waals surface area contributed by atoms with Crippen molar-refractivity contribution in [1.82, 2.24) is 15.5 Å². The van der Waals surface area contributed by atoms with Crippen LogP contribution in [0.5, 0.6) is 0 Å². The maximum Gasteiger partial charge on any atom is 0.237 e. The highest BCUT2D eigenvalue weighted by atomic mass is 16.5. The summed E-state index contributed by atoms with van der Waals surface area (Å²) in [5.74, 6) is 0.0892. The summed E-state index contributed by atoms with van der Waals surface area (Å²) >= 11 is 0. The molecule has 2 atom stereocenters.